The molecule has 1 amide bonds. The van der Waals surface area contributed by atoms with Crippen molar-refractivity contribution in [3.8, 4) is 0 Å². The number of amides is 1. The molecule has 0 heterocycles. The van der Waals surface area contributed by atoms with E-state index < -0.39 is 12.1 Å². The molecule has 0 fully saturated rings. The molecule has 82 heavy (non-hydrogen) atoms. The standard InChI is InChI=1S/C76H149NO5/c1-3-5-7-9-11-13-15-17-19-37-42-46-50-54-58-62-66-70-76(81)82-71-67-63-59-55-51-47-43-39-36-34-32-30-28-26-24-22-20-21-23-25-27-29-31-33-35-38-41-45-49-53-57-61-65-69-75(80)77-73(72-78)74(79)68-64-60-56-52-48-44-40-18-16-14-12-10-8-6-4-2/h64,68,73-74,78-79H,3-63,65-67,69-72H2,1-2H3,(H,77,80)/b68-64+. The third-order valence-corrected chi connectivity index (χ3v) is 18.1. The zero-order chi connectivity index (χ0) is 59.2. The fourth-order valence-corrected chi connectivity index (χ4v) is 12.3. The van der Waals surface area contributed by atoms with Crippen LogP contribution in [0.15, 0.2) is 12.2 Å². The Morgan fingerprint density at radius 3 is 0.829 bits per heavy atom. The second-order valence-electron chi connectivity index (χ2n) is 26.4. The zero-order valence-electron chi connectivity index (χ0n) is 56.0. The summed E-state index contributed by atoms with van der Waals surface area (Å²) < 4.78 is 5.51. The number of unbranched alkanes of at least 4 members (excludes halogenated alkanes) is 61. The van der Waals surface area contributed by atoms with Crippen molar-refractivity contribution in [3.05, 3.63) is 12.2 Å². The number of allylic oxidation sites excluding steroid dienone is 1. The summed E-state index contributed by atoms with van der Waals surface area (Å²) >= 11 is 0. The van der Waals surface area contributed by atoms with Gasteiger partial charge in [0, 0.05) is 12.8 Å². The number of hydrogen-bond acceptors (Lipinski definition) is 5. The van der Waals surface area contributed by atoms with Gasteiger partial charge in [0.1, 0.15) is 0 Å². The minimum Gasteiger partial charge on any atom is -0.466 e. The second kappa shape index (κ2) is 72.1. The van der Waals surface area contributed by atoms with E-state index in [1.807, 2.05) is 6.08 Å². The molecule has 0 spiro atoms. The number of aliphatic hydroxyl groups excluding tert-OH is 2. The van der Waals surface area contributed by atoms with Crippen molar-refractivity contribution >= 4 is 11.9 Å². The van der Waals surface area contributed by atoms with Gasteiger partial charge < -0.3 is 20.3 Å². The van der Waals surface area contributed by atoms with E-state index in [0.29, 0.717) is 19.4 Å². The van der Waals surface area contributed by atoms with E-state index >= 15 is 0 Å². The maximum atomic E-state index is 12.5. The van der Waals surface area contributed by atoms with Crippen LogP contribution in [0.4, 0.5) is 0 Å². The number of aliphatic hydroxyl groups is 2. The van der Waals surface area contributed by atoms with E-state index in [4.69, 9.17) is 4.74 Å². The quantitative estimate of drug-likeness (QED) is 0.0320. The summed E-state index contributed by atoms with van der Waals surface area (Å²) in [5, 5.41) is 23.2. The van der Waals surface area contributed by atoms with E-state index in [9.17, 15) is 19.8 Å². The van der Waals surface area contributed by atoms with Crippen LogP contribution >= 0.6 is 0 Å². The lowest BCUT2D eigenvalue weighted by molar-refractivity contribution is -0.143. The maximum absolute atomic E-state index is 12.5. The third-order valence-electron chi connectivity index (χ3n) is 18.1. The Kier molecular flexibility index (Phi) is 70.8. The molecule has 0 aromatic carbocycles. The lowest BCUT2D eigenvalue weighted by Crippen LogP contribution is -2.45. The van der Waals surface area contributed by atoms with Gasteiger partial charge in [-0.05, 0) is 32.1 Å². The highest BCUT2D eigenvalue weighted by Crippen LogP contribution is 2.20. The van der Waals surface area contributed by atoms with Crippen LogP contribution in [0.2, 0.25) is 0 Å². The van der Waals surface area contributed by atoms with Crippen molar-refractivity contribution < 1.29 is 24.5 Å². The minimum absolute atomic E-state index is 0.0265. The molecule has 0 rings (SSSR count). The van der Waals surface area contributed by atoms with E-state index in [0.717, 1.165) is 38.5 Å². The van der Waals surface area contributed by atoms with Crippen molar-refractivity contribution in [1.82, 2.24) is 5.32 Å². The topological polar surface area (TPSA) is 95.9 Å². The van der Waals surface area contributed by atoms with E-state index in [-0.39, 0.29) is 18.5 Å². The Hall–Kier alpha value is -1.40. The van der Waals surface area contributed by atoms with Gasteiger partial charge in [0.05, 0.1) is 25.4 Å². The first-order valence-electron chi connectivity index (χ1n) is 38.0. The predicted molar refractivity (Wildman–Crippen MR) is 361 cm³/mol. The molecule has 0 bridgehead atoms. The number of ether oxygens (including phenoxy) is 1. The summed E-state index contributed by atoms with van der Waals surface area (Å²) in [5.41, 5.74) is 0. The first-order valence-corrected chi connectivity index (χ1v) is 38.0. The van der Waals surface area contributed by atoms with Gasteiger partial charge in [0.15, 0.2) is 0 Å². The summed E-state index contributed by atoms with van der Waals surface area (Å²) in [6, 6.07) is -0.623. The molecule has 2 atom stereocenters. The van der Waals surface area contributed by atoms with Gasteiger partial charge in [-0.15, -0.1) is 0 Å². The smallest absolute Gasteiger partial charge is 0.305 e. The minimum atomic E-state index is -0.840. The highest BCUT2D eigenvalue weighted by Gasteiger charge is 2.18. The first kappa shape index (κ1) is 80.6. The van der Waals surface area contributed by atoms with Crippen LogP contribution in [0.25, 0.3) is 0 Å². The second-order valence-corrected chi connectivity index (χ2v) is 26.4. The summed E-state index contributed by atoms with van der Waals surface area (Å²) in [6.07, 6.45) is 90.4. The number of esters is 1. The molecule has 0 saturated heterocycles. The number of rotatable bonds is 72. The molecule has 0 aromatic heterocycles. The molecular weight excluding hydrogens is 1010 g/mol. The van der Waals surface area contributed by atoms with Gasteiger partial charge in [0.25, 0.3) is 0 Å². The van der Waals surface area contributed by atoms with E-state index in [2.05, 4.69) is 19.2 Å². The Morgan fingerprint density at radius 1 is 0.329 bits per heavy atom. The Bertz CT molecular complexity index is 1240. The van der Waals surface area contributed by atoms with Gasteiger partial charge in [-0.1, -0.05) is 405 Å². The predicted octanol–water partition coefficient (Wildman–Crippen LogP) is 24.7. The zero-order valence-corrected chi connectivity index (χ0v) is 56.0. The summed E-state index contributed by atoms with van der Waals surface area (Å²) in [7, 11) is 0. The molecule has 2 unspecified atom stereocenters. The van der Waals surface area contributed by atoms with Gasteiger partial charge in [0.2, 0.25) is 5.91 Å². The number of hydrogen-bond donors (Lipinski definition) is 3. The van der Waals surface area contributed by atoms with Crippen LogP contribution in [0, 0.1) is 0 Å². The molecule has 6 nitrogen and oxygen atoms in total. The molecule has 0 aromatic rings. The van der Waals surface area contributed by atoms with Crippen molar-refractivity contribution in [1.29, 1.82) is 0 Å². The van der Waals surface area contributed by atoms with E-state index in [1.54, 1.807) is 6.08 Å². The van der Waals surface area contributed by atoms with Crippen LogP contribution in [0.5, 0.6) is 0 Å². The summed E-state index contributed by atoms with van der Waals surface area (Å²) in [6.45, 7) is 4.96. The average molecular weight is 1160 g/mol. The fraction of sp³-hybridized carbons (Fsp3) is 0.947. The van der Waals surface area contributed by atoms with Gasteiger partial charge in [-0.3, -0.25) is 9.59 Å². The molecule has 0 aliphatic carbocycles. The normalized spacial score (nSPS) is 12.5. The average Bonchev–Trinajstić information content (AvgIpc) is 3.48. The monoisotopic (exact) mass is 1160 g/mol. The molecular formula is C76H149NO5. The van der Waals surface area contributed by atoms with Crippen molar-refractivity contribution in [2.75, 3.05) is 13.2 Å². The largest absolute Gasteiger partial charge is 0.466 e. The van der Waals surface area contributed by atoms with Crippen LogP contribution in [-0.4, -0.2) is 47.4 Å². The Labute approximate surface area is 514 Å². The Balaban J connectivity index is 3.31. The van der Waals surface area contributed by atoms with Crippen LogP contribution in [0.1, 0.15) is 438 Å². The molecule has 0 aliphatic heterocycles. The van der Waals surface area contributed by atoms with Gasteiger partial charge >= 0.3 is 5.97 Å². The molecule has 0 aliphatic rings. The lowest BCUT2D eigenvalue weighted by Gasteiger charge is -2.20. The summed E-state index contributed by atoms with van der Waals surface area (Å²) in [4.78, 5) is 24.6. The third kappa shape index (κ3) is 67.7. The molecule has 0 saturated carbocycles. The highest BCUT2D eigenvalue weighted by atomic mass is 16.5. The molecule has 0 radical (unpaired) electrons. The van der Waals surface area contributed by atoms with Gasteiger partial charge in [-0.2, -0.15) is 0 Å². The van der Waals surface area contributed by atoms with Crippen LogP contribution in [-0.2, 0) is 14.3 Å². The van der Waals surface area contributed by atoms with Crippen molar-refractivity contribution in [2.24, 2.45) is 0 Å². The SMILES string of the molecule is CCCCCCCCCCCCCCC/C=C/C(O)C(CO)NC(=O)CCCCCCCCCCCCCCCCCCCCCCCCCCCCCCCCCCCOC(=O)CCCCCCCCCCCCCCCCCCC. The molecule has 488 valence electrons. The van der Waals surface area contributed by atoms with E-state index in [1.165, 1.54) is 372 Å². The highest BCUT2D eigenvalue weighted by molar-refractivity contribution is 5.76. The van der Waals surface area contributed by atoms with Crippen LogP contribution < -0.4 is 5.32 Å². The number of carbonyl (C=O) groups excluding carboxylic acids is 2. The summed E-state index contributed by atoms with van der Waals surface area (Å²) in [5.74, 6) is -0.0334. The van der Waals surface area contributed by atoms with Crippen molar-refractivity contribution in [3.63, 3.8) is 0 Å². The fourth-order valence-electron chi connectivity index (χ4n) is 12.3. The maximum Gasteiger partial charge on any atom is 0.305 e. The van der Waals surface area contributed by atoms with Gasteiger partial charge in [-0.25, -0.2) is 0 Å². The Morgan fingerprint density at radius 2 is 0.561 bits per heavy atom. The molecule has 3 N–H and O–H groups in total. The number of carbonyl (C=O) groups is 2. The van der Waals surface area contributed by atoms with Crippen LogP contribution in [0.3, 0.4) is 0 Å². The molecule has 6 heteroatoms. The lowest BCUT2D eigenvalue weighted by atomic mass is 10.0. The first-order chi connectivity index (χ1) is 40.5. The number of nitrogens with one attached hydrogen (secondary N) is 1. The van der Waals surface area contributed by atoms with Crippen molar-refractivity contribution in [2.45, 2.75) is 450 Å².